The smallest absolute Gasteiger partial charge is 0.387 e. The SMILES string of the molecule is Fc1cc(F)c(OC(F)F)c(C2CCN(c3cnn4c(CC5CC5)nnc4c3Cl)CC2)c1. The van der Waals surface area contributed by atoms with Crippen molar-refractivity contribution in [3.8, 4) is 5.75 Å². The average Bonchev–Trinajstić information content (AvgIpc) is 3.48. The highest BCUT2D eigenvalue weighted by Gasteiger charge is 2.29. The number of aromatic nitrogens is 4. The lowest BCUT2D eigenvalue weighted by atomic mass is 9.88. The normalized spacial score (nSPS) is 17.5. The Morgan fingerprint density at radius 3 is 2.53 bits per heavy atom. The summed E-state index contributed by atoms with van der Waals surface area (Å²) < 4.78 is 59.4. The van der Waals surface area contributed by atoms with Crippen molar-refractivity contribution in [2.45, 2.75) is 44.6 Å². The van der Waals surface area contributed by atoms with Gasteiger partial charge in [0.1, 0.15) is 10.8 Å². The number of hydrogen-bond acceptors (Lipinski definition) is 5. The van der Waals surface area contributed by atoms with E-state index in [9.17, 15) is 17.6 Å². The Morgan fingerprint density at radius 2 is 1.84 bits per heavy atom. The van der Waals surface area contributed by atoms with Gasteiger partial charge in [-0.05, 0) is 43.6 Å². The number of piperidine rings is 1. The van der Waals surface area contributed by atoms with E-state index >= 15 is 0 Å². The van der Waals surface area contributed by atoms with Crippen LogP contribution >= 0.6 is 11.6 Å². The predicted octanol–water partition coefficient (Wildman–Crippen LogP) is 4.99. The molecule has 3 aromatic rings. The number of hydrogen-bond donors (Lipinski definition) is 0. The summed E-state index contributed by atoms with van der Waals surface area (Å²) in [6.07, 6.45) is 5.82. The molecule has 0 amide bonds. The molecule has 0 atom stereocenters. The van der Waals surface area contributed by atoms with Gasteiger partial charge in [0.15, 0.2) is 23.0 Å². The first kappa shape index (κ1) is 21.2. The van der Waals surface area contributed by atoms with Gasteiger partial charge in [-0.2, -0.15) is 18.4 Å². The zero-order valence-electron chi connectivity index (χ0n) is 16.9. The number of fused-ring (bicyclic) bond motifs is 1. The second-order valence-corrected chi connectivity index (χ2v) is 8.67. The molecule has 32 heavy (non-hydrogen) atoms. The Kier molecular flexibility index (Phi) is 5.56. The number of rotatable bonds is 6. The molecule has 2 fully saturated rings. The van der Waals surface area contributed by atoms with Crippen molar-refractivity contribution in [3.05, 3.63) is 46.4 Å². The summed E-state index contributed by atoms with van der Waals surface area (Å²) in [5.74, 6) is -1.46. The Morgan fingerprint density at radius 1 is 1.09 bits per heavy atom. The summed E-state index contributed by atoms with van der Waals surface area (Å²) in [7, 11) is 0. The molecule has 0 N–H and O–H groups in total. The first-order valence-electron chi connectivity index (χ1n) is 10.5. The fourth-order valence-corrected chi connectivity index (χ4v) is 4.60. The third-order valence-corrected chi connectivity index (χ3v) is 6.47. The van der Waals surface area contributed by atoms with Crippen molar-refractivity contribution in [2.24, 2.45) is 5.92 Å². The predicted molar refractivity (Wildman–Crippen MR) is 109 cm³/mol. The molecular weight excluding hydrogens is 450 g/mol. The topological polar surface area (TPSA) is 55.5 Å². The van der Waals surface area contributed by atoms with Gasteiger partial charge in [0.2, 0.25) is 0 Å². The molecule has 2 aromatic heterocycles. The van der Waals surface area contributed by atoms with Crippen molar-refractivity contribution in [1.82, 2.24) is 19.8 Å². The molecule has 6 nitrogen and oxygen atoms in total. The van der Waals surface area contributed by atoms with Crippen LogP contribution in [-0.2, 0) is 6.42 Å². The number of halogens is 5. The van der Waals surface area contributed by atoms with Crippen molar-refractivity contribution in [3.63, 3.8) is 0 Å². The molecular formula is C21H20ClF4N5O. The van der Waals surface area contributed by atoms with Crippen molar-refractivity contribution >= 4 is 22.9 Å². The van der Waals surface area contributed by atoms with Crippen LogP contribution in [0.5, 0.6) is 5.75 Å². The Bertz CT molecular complexity index is 1140. The van der Waals surface area contributed by atoms with Gasteiger partial charge < -0.3 is 9.64 Å². The van der Waals surface area contributed by atoms with Gasteiger partial charge in [0, 0.05) is 31.1 Å². The molecule has 5 rings (SSSR count). The molecule has 170 valence electrons. The van der Waals surface area contributed by atoms with Crippen LogP contribution in [0.3, 0.4) is 0 Å². The molecule has 1 aliphatic carbocycles. The zero-order chi connectivity index (χ0) is 22.4. The molecule has 1 aliphatic heterocycles. The van der Waals surface area contributed by atoms with E-state index in [1.807, 2.05) is 4.90 Å². The highest BCUT2D eigenvalue weighted by Crippen LogP contribution is 2.40. The molecule has 1 saturated heterocycles. The van der Waals surface area contributed by atoms with Gasteiger partial charge in [0.25, 0.3) is 0 Å². The molecule has 0 bridgehead atoms. The summed E-state index contributed by atoms with van der Waals surface area (Å²) in [5.41, 5.74) is 1.29. The van der Waals surface area contributed by atoms with Crippen LogP contribution in [-0.4, -0.2) is 39.5 Å². The Hall–Kier alpha value is -2.62. The minimum Gasteiger partial charge on any atom is -0.431 e. The van der Waals surface area contributed by atoms with E-state index in [1.54, 1.807) is 10.7 Å². The van der Waals surface area contributed by atoms with E-state index < -0.39 is 24.0 Å². The third kappa shape index (κ3) is 4.07. The Balaban J connectivity index is 1.35. The molecule has 1 aromatic carbocycles. The number of nitrogens with zero attached hydrogens (tertiary/aromatic N) is 5. The number of ether oxygens (including phenoxy) is 1. The summed E-state index contributed by atoms with van der Waals surface area (Å²) in [6.45, 7) is -2.20. The third-order valence-electron chi connectivity index (χ3n) is 6.11. The molecule has 11 heteroatoms. The monoisotopic (exact) mass is 469 g/mol. The lowest BCUT2D eigenvalue weighted by Gasteiger charge is -2.34. The Labute approximate surface area is 186 Å². The van der Waals surface area contributed by atoms with Crippen molar-refractivity contribution in [2.75, 3.05) is 18.0 Å². The quantitative estimate of drug-likeness (QED) is 0.476. The van der Waals surface area contributed by atoms with Crippen molar-refractivity contribution in [1.29, 1.82) is 0 Å². The van der Waals surface area contributed by atoms with E-state index in [1.165, 1.54) is 12.8 Å². The highest BCUT2D eigenvalue weighted by atomic mass is 35.5. The van der Waals surface area contributed by atoms with Crippen LogP contribution in [0.1, 0.15) is 43.0 Å². The summed E-state index contributed by atoms with van der Waals surface area (Å²) in [6, 6.07) is 1.62. The van der Waals surface area contributed by atoms with E-state index in [-0.39, 0.29) is 11.5 Å². The molecule has 0 radical (unpaired) electrons. The maximum Gasteiger partial charge on any atom is 0.387 e. The van der Waals surface area contributed by atoms with Crippen LogP contribution in [0.15, 0.2) is 18.3 Å². The number of alkyl halides is 2. The van der Waals surface area contributed by atoms with Gasteiger partial charge in [-0.15, -0.1) is 10.2 Å². The van der Waals surface area contributed by atoms with Gasteiger partial charge in [-0.3, -0.25) is 0 Å². The van der Waals surface area contributed by atoms with E-state index in [0.29, 0.717) is 54.3 Å². The lowest BCUT2D eigenvalue weighted by Crippen LogP contribution is -2.33. The second kappa shape index (κ2) is 8.38. The molecule has 3 heterocycles. The van der Waals surface area contributed by atoms with Gasteiger partial charge in [-0.1, -0.05) is 11.6 Å². The van der Waals surface area contributed by atoms with Crippen LogP contribution in [0.4, 0.5) is 23.2 Å². The van der Waals surface area contributed by atoms with Crippen LogP contribution in [0, 0.1) is 17.6 Å². The first-order chi connectivity index (χ1) is 15.4. The molecule has 1 saturated carbocycles. The maximum atomic E-state index is 14.1. The summed E-state index contributed by atoms with van der Waals surface area (Å²) >= 11 is 6.61. The fraction of sp³-hybridized carbons (Fsp3) is 0.476. The van der Waals surface area contributed by atoms with Crippen molar-refractivity contribution < 1.29 is 22.3 Å². The fourth-order valence-electron chi connectivity index (χ4n) is 4.31. The van der Waals surface area contributed by atoms with E-state index in [0.717, 1.165) is 18.3 Å². The first-order valence-corrected chi connectivity index (χ1v) is 10.9. The average molecular weight is 470 g/mol. The second-order valence-electron chi connectivity index (χ2n) is 8.29. The summed E-state index contributed by atoms with van der Waals surface area (Å²) in [4.78, 5) is 2.00. The number of benzene rings is 1. The standard InChI is InChI=1S/C21H20ClF4N5O/c22-18-16(10-27-31-17(7-11-1-2-11)28-29-20(18)31)30-5-3-12(4-6-30)14-8-13(23)9-15(24)19(14)32-21(25)26/h8-12,21H,1-7H2. The largest absolute Gasteiger partial charge is 0.431 e. The van der Waals surface area contributed by atoms with Crippen LogP contribution in [0.2, 0.25) is 5.02 Å². The highest BCUT2D eigenvalue weighted by molar-refractivity contribution is 6.36. The van der Waals surface area contributed by atoms with Crippen LogP contribution in [0.25, 0.3) is 5.65 Å². The maximum absolute atomic E-state index is 14.1. The van der Waals surface area contributed by atoms with E-state index in [4.69, 9.17) is 11.6 Å². The molecule has 2 aliphatic rings. The number of anilines is 1. The minimum absolute atomic E-state index is 0.115. The van der Waals surface area contributed by atoms with Crippen LogP contribution < -0.4 is 9.64 Å². The minimum atomic E-state index is -3.20. The lowest BCUT2D eigenvalue weighted by molar-refractivity contribution is -0.0531. The van der Waals surface area contributed by atoms with Gasteiger partial charge >= 0.3 is 6.61 Å². The van der Waals surface area contributed by atoms with Gasteiger partial charge in [-0.25, -0.2) is 8.78 Å². The molecule has 0 spiro atoms. The molecule has 0 unspecified atom stereocenters. The zero-order valence-corrected chi connectivity index (χ0v) is 17.7. The summed E-state index contributed by atoms with van der Waals surface area (Å²) in [5, 5.41) is 13.3. The van der Waals surface area contributed by atoms with Gasteiger partial charge in [0.05, 0.1) is 11.9 Å². The van der Waals surface area contributed by atoms with E-state index in [2.05, 4.69) is 20.0 Å².